The summed E-state index contributed by atoms with van der Waals surface area (Å²) >= 11 is 0. The van der Waals surface area contributed by atoms with E-state index in [1.807, 2.05) is 18.2 Å². The van der Waals surface area contributed by atoms with E-state index in [-0.39, 0.29) is 5.91 Å². The van der Waals surface area contributed by atoms with Crippen LogP contribution in [0.15, 0.2) is 30.6 Å². The molecule has 3 rings (SSSR count). The summed E-state index contributed by atoms with van der Waals surface area (Å²) in [4.78, 5) is 20.3. The lowest BCUT2D eigenvalue weighted by atomic mass is 10.2. The third-order valence-corrected chi connectivity index (χ3v) is 3.52. The van der Waals surface area contributed by atoms with Gasteiger partial charge in [0.15, 0.2) is 11.5 Å². The van der Waals surface area contributed by atoms with Gasteiger partial charge in [0.1, 0.15) is 13.2 Å². The lowest BCUT2D eigenvalue weighted by molar-refractivity contribution is 0.0948. The summed E-state index contributed by atoms with van der Waals surface area (Å²) in [7, 11) is 1.63. The van der Waals surface area contributed by atoms with E-state index in [9.17, 15) is 4.79 Å². The van der Waals surface area contributed by atoms with Crippen LogP contribution >= 0.6 is 0 Å². The van der Waals surface area contributed by atoms with Crippen molar-refractivity contribution in [1.82, 2.24) is 15.3 Å². The van der Waals surface area contributed by atoms with Gasteiger partial charge in [0.05, 0.1) is 5.56 Å². The number of rotatable bonds is 7. The number of hydrogen-bond donors (Lipinski definition) is 2. The maximum Gasteiger partial charge on any atom is 0.254 e. The third-order valence-electron chi connectivity index (χ3n) is 3.52. The first-order valence-corrected chi connectivity index (χ1v) is 8.02. The van der Waals surface area contributed by atoms with Gasteiger partial charge >= 0.3 is 0 Å². The Morgan fingerprint density at radius 3 is 2.72 bits per heavy atom. The highest BCUT2D eigenvalue weighted by atomic mass is 16.6. The van der Waals surface area contributed by atoms with Gasteiger partial charge in [0, 0.05) is 44.4 Å². The zero-order chi connectivity index (χ0) is 17.5. The van der Waals surface area contributed by atoms with Crippen LogP contribution in [0.3, 0.4) is 0 Å². The molecule has 25 heavy (non-hydrogen) atoms. The number of nitrogens with zero attached hydrogens (tertiary/aromatic N) is 2. The first kappa shape index (κ1) is 17.0. The normalized spacial score (nSPS) is 12.5. The van der Waals surface area contributed by atoms with Crippen molar-refractivity contribution in [2.45, 2.75) is 6.42 Å². The van der Waals surface area contributed by atoms with Crippen molar-refractivity contribution in [3.8, 4) is 11.5 Å². The second kappa shape index (κ2) is 8.29. The Morgan fingerprint density at radius 2 is 1.96 bits per heavy atom. The van der Waals surface area contributed by atoms with Crippen molar-refractivity contribution in [2.75, 3.05) is 38.8 Å². The summed E-state index contributed by atoms with van der Waals surface area (Å²) in [5, 5.41) is 5.86. The molecule has 1 aliphatic heterocycles. The molecule has 8 heteroatoms. The van der Waals surface area contributed by atoms with E-state index >= 15 is 0 Å². The van der Waals surface area contributed by atoms with E-state index in [4.69, 9.17) is 14.2 Å². The minimum atomic E-state index is -0.206. The molecule has 0 fully saturated rings. The van der Waals surface area contributed by atoms with Crippen LogP contribution in [0.25, 0.3) is 0 Å². The maximum absolute atomic E-state index is 12.0. The van der Waals surface area contributed by atoms with Crippen LogP contribution in [0.4, 0.5) is 11.6 Å². The number of nitrogens with one attached hydrogen (secondary N) is 2. The Bertz CT molecular complexity index is 721. The average Bonchev–Trinajstić information content (AvgIpc) is 2.65. The molecule has 0 aliphatic carbocycles. The highest BCUT2D eigenvalue weighted by Crippen LogP contribution is 2.33. The lowest BCUT2D eigenvalue weighted by Gasteiger charge is -2.18. The Balaban J connectivity index is 1.58. The monoisotopic (exact) mass is 344 g/mol. The Hall–Kier alpha value is -2.87. The lowest BCUT2D eigenvalue weighted by Crippen LogP contribution is -2.25. The van der Waals surface area contributed by atoms with Gasteiger partial charge in [-0.25, -0.2) is 9.97 Å². The Labute approximate surface area is 145 Å². The van der Waals surface area contributed by atoms with Crippen molar-refractivity contribution in [1.29, 1.82) is 0 Å². The average molecular weight is 344 g/mol. The fraction of sp³-hybridized carbons (Fsp3) is 0.353. The number of ether oxygens (including phenoxy) is 3. The van der Waals surface area contributed by atoms with Gasteiger partial charge in [0.25, 0.3) is 5.91 Å². The van der Waals surface area contributed by atoms with Crippen LogP contribution in [0.5, 0.6) is 11.5 Å². The molecule has 0 saturated carbocycles. The predicted octanol–water partition coefficient (Wildman–Crippen LogP) is 1.76. The minimum Gasteiger partial charge on any atom is -0.486 e. The van der Waals surface area contributed by atoms with Gasteiger partial charge in [-0.3, -0.25) is 4.79 Å². The highest BCUT2D eigenvalue weighted by Gasteiger charge is 2.12. The number of carbonyl (C=O) groups excluding carboxylic acids is 1. The molecule has 0 spiro atoms. The summed E-state index contributed by atoms with van der Waals surface area (Å²) < 4.78 is 16.0. The molecule has 2 aromatic rings. The highest BCUT2D eigenvalue weighted by molar-refractivity contribution is 5.93. The zero-order valence-electron chi connectivity index (χ0n) is 13.9. The van der Waals surface area contributed by atoms with Crippen LogP contribution in [0.2, 0.25) is 0 Å². The number of anilines is 2. The summed E-state index contributed by atoms with van der Waals surface area (Å²) in [5.41, 5.74) is 1.19. The molecule has 0 radical (unpaired) electrons. The topological polar surface area (TPSA) is 94.6 Å². The molecule has 0 atom stereocenters. The van der Waals surface area contributed by atoms with Crippen LogP contribution in [-0.4, -0.2) is 49.4 Å². The van der Waals surface area contributed by atoms with Gasteiger partial charge < -0.3 is 24.8 Å². The van der Waals surface area contributed by atoms with Gasteiger partial charge in [-0.1, -0.05) is 0 Å². The fourth-order valence-electron chi connectivity index (χ4n) is 2.28. The summed E-state index contributed by atoms with van der Waals surface area (Å²) in [6.45, 7) is 2.23. The molecule has 1 aromatic carbocycles. The van der Waals surface area contributed by atoms with Gasteiger partial charge in [0.2, 0.25) is 5.95 Å². The Morgan fingerprint density at radius 1 is 1.20 bits per heavy atom. The summed E-state index contributed by atoms with van der Waals surface area (Å²) in [5.74, 6) is 1.59. The molecular weight excluding hydrogens is 324 g/mol. The quantitative estimate of drug-likeness (QED) is 0.739. The van der Waals surface area contributed by atoms with Crippen molar-refractivity contribution in [2.24, 2.45) is 0 Å². The second-order valence-electron chi connectivity index (χ2n) is 5.38. The number of carbonyl (C=O) groups is 1. The molecular formula is C17H20N4O4. The van der Waals surface area contributed by atoms with Crippen LogP contribution < -0.4 is 20.1 Å². The van der Waals surface area contributed by atoms with E-state index in [1.54, 1.807) is 7.11 Å². The van der Waals surface area contributed by atoms with Crippen LogP contribution in [-0.2, 0) is 4.74 Å². The molecule has 1 aliphatic rings. The molecule has 2 heterocycles. The largest absolute Gasteiger partial charge is 0.486 e. The molecule has 132 valence electrons. The standard InChI is InChI=1S/C17H20N4O4/c1-23-6-2-5-18-16(22)12-10-19-17(20-11-12)21-13-3-4-14-15(9-13)25-8-7-24-14/h3-4,9-11H,2,5-8H2,1H3,(H,18,22)(H,19,20,21). The van der Waals surface area contributed by atoms with Gasteiger partial charge in [-0.05, 0) is 18.6 Å². The van der Waals surface area contributed by atoms with Gasteiger partial charge in [-0.2, -0.15) is 0 Å². The minimum absolute atomic E-state index is 0.206. The van der Waals surface area contributed by atoms with E-state index in [1.165, 1.54) is 12.4 Å². The van der Waals surface area contributed by atoms with Crippen LogP contribution in [0.1, 0.15) is 16.8 Å². The molecule has 0 bridgehead atoms. The fourth-order valence-corrected chi connectivity index (χ4v) is 2.28. The van der Waals surface area contributed by atoms with E-state index in [0.717, 1.165) is 17.9 Å². The molecule has 0 unspecified atom stereocenters. The van der Waals surface area contributed by atoms with Crippen molar-refractivity contribution >= 4 is 17.5 Å². The smallest absolute Gasteiger partial charge is 0.254 e. The number of amides is 1. The van der Waals surface area contributed by atoms with E-state index < -0.39 is 0 Å². The van der Waals surface area contributed by atoms with E-state index in [0.29, 0.717) is 43.6 Å². The van der Waals surface area contributed by atoms with Crippen LogP contribution in [0, 0.1) is 0 Å². The third kappa shape index (κ3) is 4.57. The van der Waals surface area contributed by atoms with Crippen molar-refractivity contribution < 1.29 is 19.0 Å². The van der Waals surface area contributed by atoms with Crippen molar-refractivity contribution in [3.63, 3.8) is 0 Å². The molecule has 1 amide bonds. The summed E-state index contributed by atoms with van der Waals surface area (Å²) in [6.07, 6.45) is 3.73. The number of aromatic nitrogens is 2. The molecule has 1 aromatic heterocycles. The molecule has 2 N–H and O–H groups in total. The first-order chi connectivity index (χ1) is 12.3. The number of hydrogen-bond acceptors (Lipinski definition) is 7. The Kier molecular flexibility index (Phi) is 5.63. The summed E-state index contributed by atoms with van der Waals surface area (Å²) in [6, 6.07) is 5.51. The SMILES string of the molecule is COCCCNC(=O)c1cnc(Nc2ccc3c(c2)OCCO3)nc1. The molecule has 0 saturated heterocycles. The zero-order valence-corrected chi connectivity index (χ0v) is 13.9. The number of fused-ring (bicyclic) bond motifs is 1. The first-order valence-electron chi connectivity index (χ1n) is 8.02. The van der Waals surface area contributed by atoms with Crippen molar-refractivity contribution in [3.05, 3.63) is 36.2 Å². The van der Waals surface area contributed by atoms with Gasteiger partial charge in [-0.15, -0.1) is 0 Å². The van der Waals surface area contributed by atoms with E-state index in [2.05, 4.69) is 20.6 Å². The number of methoxy groups -OCH3 is 1. The number of benzene rings is 1. The molecule has 8 nitrogen and oxygen atoms in total. The predicted molar refractivity (Wildman–Crippen MR) is 91.6 cm³/mol. The maximum atomic E-state index is 12.0. The second-order valence-corrected chi connectivity index (χ2v) is 5.38.